The first-order chi connectivity index (χ1) is 9.22. The molecule has 19 heavy (non-hydrogen) atoms. The van der Waals surface area contributed by atoms with Crippen molar-refractivity contribution in [2.24, 2.45) is 0 Å². The molecule has 0 bridgehead atoms. The maximum Gasteiger partial charge on any atom is 0.147 e. The van der Waals surface area contributed by atoms with Crippen molar-refractivity contribution in [3.8, 4) is 5.69 Å². The zero-order chi connectivity index (χ0) is 13.4. The molecule has 2 heterocycles. The summed E-state index contributed by atoms with van der Waals surface area (Å²) in [7, 11) is 0. The number of hydrogen-bond acceptors (Lipinski definition) is 2. The average molecular weight is 296 g/mol. The van der Waals surface area contributed by atoms with Gasteiger partial charge in [0.05, 0.1) is 28.3 Å². The maximum absolute atomic E-state index is 14.0. The summed E-state index contributed by atoms with van der Waals surface area (Å²) < 4.78 is 15.6. The number of halogens is 3. The number of fused-ring (bicyclic) bond motifs is 1. The molecule has 2 aromatic heterocycles. The van der Waals surface area contributed by atoms with Gasteiger partial charge in [0.1, 0.15) is 17.2 Å². The molecule has 0 amide bonds. The smallest absolute Gasteiger partial charge is 0.147 e. The standard InChI is InChI=1S/C13H8Cl2FN3/c14-5-12-18-10-7-17-6-8(15)13(10)19(12)11-4-2-1-3-9(11)16/h1-4,6-7H,5H2. The fraction of sp³-hybridized carbons (Fsp3) is 0.0769. The highest BCUT2D eigenvalue weighted by molar-refractivity contribution is 6.34. The normalized spacial score (nSPS) is 11.1. The van der Waals surface area contributed by atoms with Crippen LogP contribution >= 0.6 is 23.2 Å². The molecule has 0 saturated heterocycles. The molecule has 1 aromatic carbocycles. The van der Waals surface area contributed by atoms with Crippen LogP contribution < -0.4 is 0 Å². The first kappa shape index (κ1) is 12.4. The van der Waals surface area contributed by atoms with Gasteiger partial charge in [0.15, 0.2) is 0 Å². The Morgan fingerprint density at radius 1 is 1.21 bits per heavy atom. The van der Waals surface area contributed by atoms with Crippen molar-refractivity contribution in [3.05, 3.63) is 53.3 Å². The van der Waals surface area contributed by atoms with E-state index in [2.05, 4.69) is 9.97 Å². The fourth-order valence-corrected chi connectivity index (χ4v) is 2.44. The van der Waals surface area contributed by atoms with E-state index in [9.17, 15) is 4.39 Å². The molecule has 0 N–H and O–H groups in total. The summed E-state index contributed by atoms with van der Waals surface area (Å²) in [4.78, 5) is 8.30. The number of pyridine rings is 1. The van der Waals surface area contributed by atoms with Crippen LogP contribution in [0.4, 0.5) is 4.39 Å². The predicted octanol–water partition coefficient (Wildman–Crippen LogP) is 3.95. The van der Waals surface area contributed by atoms with Gasteiger partial charge in [0, 0.05) is 6.20 Å². The molecule has 0 saturated carbocycles. The van der Waals surface area contributed by atoms with E-state index in [4.69, 9.17) is 23.2 Å². The minimum Gasteiger partial charge on any atom is -0.291 e. The predicted molar refractivity (Wildman–Crippen MR) is 73.4 cm³/mol. The van der Waals surface area contributed by atoms with Crippen molar-refractivity contribution in [2.75, 3.05) is 0 Å². The zero-order valence-corrected chi connectivity index (χ0v) is 11.2. The molecule has 3 aromatic rings. The minimum atomic E-state index is -0.360. The molecule has 0 aliphatic rings. The number of alkyl halides is 1. The van der Waals surface area contributed by atoms with Crippen molar-refractivity contribution < 1.29 is 4.39 Å². The number of para-hydroxylation sites is 1. The number of rotatable bonds is 2. The Bertz CT molecular complexity index is 755. The average Bonchev–Trinajstić information content (AvgIpc) is 2.79. The van der Waals surface area contributed by atoms with Crippen LogP contribution in [-0.4, -0.2) is 14.5 Å². The number of imidazole rings is 1. The van der Waals surface area contributed by atoms with Gasteiger partial charge in [-0.25, -0.2) is 9.37 Å². The van der Waals surface area contributed by atoms with E-state index < -0.39 is 0 Å². The van der Waals surface area contributed by atoms with Gasteiger partial charge in [0.25, 0.3) is 0 Å². The highest BCUT2D eigenvalue weighted by Crippen LogP contribution is 2.28. The quantitative estimate of drug-likeness (QED) is 0.670. The highest BCUT2D eigenvalue weighted by atomic mass is 35.5. The van der Waals surface area contributed by atoms with Gasteiger partial charge in [-0.15, -0.1) is 11.6 Å². The lowest BCUT2D eigenvalue weighted by Gasteiger charge is -2.09. The molecule has 96 valence electrons. The third kappa shape index (κ3) is 1.97. The molecule has 0 spiro atoms. The summed E-state index contributed by atoms with van der Waals surface area (Å²) in [6.45, 7) is 0. The molecular weight excluding hydrogens is 288 g/mol. The van der Waals surface area contributed by atoms with E-state index >= 15 is 0 Å². The Kier molecular flexibility index (Phi) is 3.12. The third-order valence-electron chi connectivity index (χ3n) is 2.80. The van der Waals surface area contributed by atoms with Crippen molar-refractivity contribution in [1.29, 1.82) is 0 Å². The molecule has 6 heteroatoms. The van der Waals surface area contributed by atoms with Crippen LogP contribution in [0.2, 0.25) is 5.02 Å². The Morgan fingerprint density at radius 3 is 2.74 bits per heavy atom. The second kappa shape index (κ2) is 4.79. The van der Waals surface area contributed by atoms with E-state index in [-0.39, 0.29) is 11.7 Å². The molecule has 0 fully saturated rings. The van der Waals surface area contributed by atoms with Gasteiger partial charge < -0.3 is 0 Å². The zero-order valence-electron chi connectivity index (χ0n) is 9.65. The van der Waals surface area contributed by atoms with Crippen LogP contribution in [0.1, 0.15) is 5.82 Å². The molecule has 0 aliphatic carbocycles. The van der Waals surface area contributed by atoms with Gasteiger partial charge in [-0.2, -0.15) is 0 Å². The molecule has 0 unspecified atom stereocenters. The molecule has 0 aliphatic heterocycles. The fourth-order valence-electron chi connectivity index (χ4n) is 2.02. The van der Waals surface area contributed by atoms with Crippen molar-refractivity contribution in [2.45, 2.75) is 5.88 Å². The van der Waals surface area contributed by atoms with E-state index in [0.29, 0.717) is 27.6 Å². The number of hydrogen-bond donors (Lipinski definition) is 0. The monoisotopic (exact) mass is 295 g/mol. The topological polar surface area (TPSA) is 30.7 Å². The van der Waals surface area contributed by atoms with E-state index in [1.807, 2.05) is 0 Å². The van der Waals surface area contributed by atoms with Gasteiger partial charge >= 0.3 is 0 Å². The molecule has 0 atom stereocenters. The molecular formula is C13H8Cl2FN3. The summed E-state index contributed by atoms with van der Waals surface area (Å²) in [6, 6.07) is 6.41. The maximum atomic E-state index is 14.0. The van der Waals surface area contributed by atoms with Crippen molar-refractivity contribution >= 4 is 34.2 Å². The summed E-state index contributed by atoms with van der Waals surface area (Å²) in [5, 5.41) is 0.407. The van der Waals surface area contributed by atoms with Gasteiger partial charge in [-0.1, -0.05) is 23.7 Å². The van der Waals surface area contributed by atoms with Crippen LogP contribution in [0, 0.1) is 5.82 Å². The Balaban J connectivity index is 2.42. The van der Waals surface area contributed by atoms with E-state index in [1.54, 1.807) is 29.0 Å². The molecule has 3 nitrogen and oxygen atoms in total. The van der Waals surface area contributed by atoms with Crippen LogP contribution in [-0.2, 0) is 5.88 Å². The van der Waals surface area contributed by atoms with Crippen molar-refractivity contribution in [1.82, 2.24) is 14.5 Å². The van der Waals surface area contributed by atoms with Gasteiger partial charge in [-0.3, -0.25) is 9.55 Å². The van der Waals surface area contributed by atoms with Gasteiger partial charge in [-0.05, 0) is 12.1 Å². The lowest BCUT2D eigenvalue weighted by Crippen LogP contribution is -2.02. The summed E-state index contributed by atoms with van der Waals surface area (Å²) >= 11 is 12.0. The number of nitrogens with zero attached hydrogens (tertiary/aromatic N) is 3. The van der Waals surface area contributed by atoms with E-state index in [1.165, 1.54) is 12.3 Å². The lowest BCUT2D eigenvalue weighted by atomic mass is 10.3. The SMILES string of the molecule is Fc1ccccc1-n1c(CCl)nc2cncc(Cl)c21. The van der Waals surface area contributed by atoms with E-state index in [0.717, 1.165) is 0 Å². The van der Waals surface area contributed by atoms with Crippen molar-refractivity contribution in [3.63, 3.8) is 0 Å². The lowest BCUT2D eigenvalue weighted by molar-refractivity contribution is 0.618. The van der Waals surface area contributed by atoms with Crippen LogP contribution in [0.25, 0.3) is 16.7 Å². The first-order valence-corrected chi connectivity index (χ1v) is 6.45. The molecule has 3 rings (SSSR count). The summed E-state index contributed by atoms with van der Waals surface area (Å²) in [5.41, 5.74) is 1.57. The third-order valence-corrected chi connectivity index (χ3v) is 3.31. The minimum absolute atomic E-state index is 0.152. The second-order valence-corrected chi connectivity index (χ2v) is 4.61. The Morgan fingerprint density at radius 2 is 2.00 bits per heavy atom. The van der Waals surface area contributed by atoms with Crippen LogP contribution in [0.5, 0.6) is 0 Å². The molecule has 0 radical (unpaired) electrons. The van der Waals surface area contributed by atoms with Gasteiger partial charge in [0.2, 0.25) is 0 Å². The summed E-state index contributed by atoms with van der Waals surface area (Å²) in [6.07, 6.45) is 3.08. The Hall–Kier alpha value is -1.65. The van der Waals surface area contributed by atoms with Crippen LogP contribution in [0.15, 0.2) is 36.7 Å². The summed E-state index contributed by atoms with van der Waals surface area (Å²) in [5.74, 6) is 0.317. The Labute approximate surface area is 118 Å². The number of aromatic nitrogens is 3. The second-order valence-electron chi connectivity index (χ2n) is 3.94. The van der Waals surface area contributed by atoms with Crippen LogP contribution in [0.3, 0.4) is 0 Å². The highest BCUT2D eigenvalue weighted by Gasteiger charge is 2.16. The largest absolute Gasteiger partial charge is 0.291 e. The number of benzene rings is 1. The first-order valence-electron chi connectivity index (χ1n) is 5.54.